The highest BCUT2D eigenvalue weighted by atomic mass is 19.4. The third-order valence-corrected chi connectivity index (χ3v) is 2.25. The molecule has 6 heteroatoms. The second-order valence-electron chi connectivity index (χ2n) is 3.56. The molecule has 0 radical (unpaired) electrons. The highest BCUT2D eigenvalue weighted by molar-refractivity contribution is 5.35. The zero-order chi connectivity index (χ0) is 13.1. The van der Waals surface area contributed by atoms with Gasteiger partial charge in [-0.25, -0.2) is 4.39 Å². The molecule has 0 amide bonds. The van der Waals surface area contributed by atoms with Crippen LogP contribution in [-0.2, 0) is 0 Å². The molecule has 2 nitrogen and oxygen atoms in total. The average Bonchev–Trinajstić information content (AvgIpc) is 2.25. The molecule has 1 unspecified atom stereocenters. The number of ether oxygens (including phenoxy) is 1. The normalized spacial score (nSPS) is 13.5. The minimum Gasteiger partial charge on any atom is -0.496 e. The molecule has 0 fully saturated rings. The number of rotatable bonds is 4. The molecule has 1 rings (SSSR count). The molecule has 0 aliphatic heterocycles. The number of halogens is 4. The smallest absolute Gasteiger partial charge is 0.389 e. The van der Waals surface area contributed by atoms with Crippen molar-refractivity contribution >= 4 is 0 Å². The van der Waals surface area contributed by atoms with Gasteiger partial charge < -0.3 is 9.84 Å². The lowest BCUT2D eigenvalue weighted by Gasteiger charge is -2.15. The second kappa shape index (κ2) is 5.35. The molecule has 1 N–H and O–H groups in total. The summed E-state index contributed by atoms with van der Waals surface area (Å²) in [7, 11) is 1.30. The van der Waals surface area contributed by atoms with E-state index in [2.05, 4.69) is 0 Å². The van der Waals surface area contributed by atoms with Crippen molar-refractivity contribution in [1.82, 2.24) is 0 Å². The Morgan fingerprint density at radius 3 is 2.53 bits per heavy atom. The van der Waals surface area contributed by atoms with Crippen molar-refractivity contribution in [2.45, 2.75) is 25.1 Å². The van der Waals surface area contributed by atoms with Crippen molar-refractivity contribution in [3.8, 4) is 5.75 Å². The summed E-state index contributed by atoms with van der Waals surface area (Å²) in [5.41, 5.74) is 0.0248. The van der Waals surface area contributed by atoms with E-state index >= 15 is 0 Å². The van der Waals surface area contributed by atoms with Crippen LogP contribution in [0.2, 0.25) is 0 Å². The van der Waals surface area contributed by atoms with Crippen LogP contribution in [0.25, 0.3) is 0 Å². The lowest BCUT2D eigenvalue weighted by atomic mass is 10.0. The largest absolute Gasteiger partial charge is 0.496 e. The first kappa shape index (κ1) is 13.8. The van der Waals surface area contributed by atoms with Crippen LogP contribution >= 0.6 is 0 Å². The first-order valence-corrected chi connectivity index (χ1v) is 4.92. The van der Waals surface area contributed by atoms with Crippen molar-refractivity contribution in [2.24, 2.45) is 0 Å². The van der Waals surface area contributed by atoms with Crippen LogP contribution in [-0.4, -0.2) is 18.4 Å². The average molecular weight is 252 g/mol. The third kappa shape index (κ3) is 4.22. The summed E-state index contributed by atoms with van der Waals surface area (Å²) in [6.45, 7) is 0. The highest BCUT2D eigenvalue weighted by Crippen LogP contribution is 2.32. The summed E-state index contributed by atoms with van der Waals surface area (Å²) < 4.78 is 53.7. The van der Waals surface area contributed by atoms with E-state index in [4.69, 9.17) is 4.74 Å². The van der Waals surface area contributed by atoms with Gasteiger partial charge in [-0.15, -0.1) is 0 Å². The Kier molecular flexibility index (Phi) is 4.34. The van der Waals surface area contributed by atoms with E-state index < -0.39 is 30.9 Å². The van der Waals surface area contributed by atoms with Crippen molar-refractivity contribution in [1.29, 1.82) is 0 Å². The summed E-state index contributed by atoms with van der Waals surface area (Å²) in [6.07, 6.45) is -7.40. The maximum Gasteiger partial charge on any atom is 0.389 e. The fraction of sp³-hybridized carbons (Fsp3) is 0.455. The first-order valence-electron chi connectivity index (χ1n) is 4.92. The monoisotopic (exact) mass is 252 g/mol. The number of aliphatic hydroxyl groups excluding tert-OH is 1. The van der Waals surface area contributed by atoms with Gasteiger partial charge in [0.25, 0.3) is 0 Å². The summed E-state index contributed by atoms with van der Waals surface area (Å²) in [5.74, 6) is -0.465. The van der Waals surface area contributed by atoms with Gasteiger partial charge in [-0.1, -0.05) is 0 Å². The third-order valence-electron chi connectivity index (χ3n) is 2.25. The van der Waals surface area contributed by atoms with Gasteiger partial charge >= 0.3 is 6.18 Å². The summed E-state index contributed by atoms with van der Waals surface area (Å²) >= 11 is 0. The van der Waals surface area contributed by atoms with Gasteiger partial charge in [0, 0.05) is 12.0 Å². The summed E-state index contributed by atoms with van der Waals surface area (Å²) in [5, 5.41) is 9.57. The SMILES string of the molecule is COc1ccc(F)cc1C(O)CCC(F)(F)F. The van der Waals surface area contributed by atoms with Crippen LogP contribution in [0.3, 0.4) is 0 Å². The molecule has 0 aliphatic rings. The van der Waals surface area contributed by atoms with Gasteiger partial charge in [0.1, 0.15) is 11.6 Å². The zero-order valence-corrected chi connectivity index (χ0v) is 9.09. The number of aliphatic hydroxyl groups is 1. The van der Waals surface area contributed by atoms with Crippen molar-refractivity contribution in [3.05, 3.63) is 29.6 Å². The number of benzene rings is 1. The molecule has 0 aliphatic carbocycles. The molecule has 1 aromatic carbocycles. The fourth-order valence-electron chi connectivity index (χ4n) is 1.42. The lowest BCUT2D eigenvalue weighted by Crippen LogP contribution is -2.10. The number of methoxy groups -OCH3 is 1. The van der Waals surface area contributed by atoms with Crippen LogP contribution in [0.1, 0.15) is 24.5 Å². The van der Waals surface area contributed by atoms with E-state index in [-0.39, 0.29) is 11.3 Å². The predicted molar refractivity (Wildman–Crippen MR) is 53.2 cm³/mol. The minimum absolute atomic E-state index is 0.0248. The quantitative estimate of drug-likeness (QED) is 0.834. The van der Waals surface area contributed by atoms with Crippen LogP contribution < -0.4 is 4.74 Å². The predicted octanol–water partition coefficient (Wildman–Crippen LogP) is 3.21. The molecule has 17 heavy (non-hydrogen) atoms. The molecule has 0 aromatic heterocycles. The van der Waals surface area contributed by atoms with E-state index in [1.54, 1.807) is 0 Å². The molecule has 0 spiro atoms. The second-order valence-corrected chi connectivity index (χ2v) is 3.56. The van der Waals surface area contributed by atoms with E-state index in [1.165, 1.54) is 13.2 Å². The maximum absolute atomic E-state index is 12.9. The van der Waals surface area contributed by atoms with Crippen LogP contribution in [0.5, 0.6) is 5.75 Å². The number of alkyl halides is 3. The van der Waals surface area contributed by atoms with Crippen molar-refractivity contribution < 1.29 is 27.4 Å². The fourth-order valence-corrected chi connectivity index (χ4v) is 1.42. The molecule has 0 heterocycles. The molecule has 0 saturated heterocycles. The highest BCUT2D eigenvalue weighted by Gasteiger charge is 2.29. The standard InChI is InChI=1S/C11H12F4O2/c1-17-10-3-2-7(12)6-8(10)9(16)4-5-11(13,14)15/h2-3,6,9,16H,4-5H2,1H3. The topological polar surface area (TPSA) is 29.5 Å². The Bertz CT molecular complexity index is 376. The van der Waals surface area contributed by atoms with E-state index in [1.807, 2.05) is 0 Å². The van der Waals surface area contributed by atoms with Crippen LogP contribution in [0.4, 0.5) is 17.6 Å². The molecule has 0 saturated carbocycles. The van der Waals surface area contributed by atoms with Gasteiger partial charge in [-0.05, 0) is 24.6 Å². The Morgan fingerprint density at radius 1 is 1.35 bits per heavy atom. The maximum atomic E-state index is 12.9. The van der Waals surface area contributed by atoms with Gasteiger partial charge in [0.15, 0.2) is 0 Å². The van der Waals surface area contributed by atoms with Gasteiger partial charge in [0.2, 0.25) is 0 Å². The summed E-state index contributed by atoms with van der Waals surface area (Å²) in [4.78, 5) is 0. The Balaban J connectivity index is 2.80. The van der Waals surface area contributed by atoms with E-state index in [0.717, 1.165) is 12.1 Å². The van der Waals surface area contributed by atoms with Crippen LogP contribution in [0, 0.1) is 5.82 Å². The molecule has 1 atom stereocenters. The van der Waals surface area contributed by atoms with E-state index in [9.17, 15) is 22.7 Å². The Hall–Kier alpha value is -1.30. The molecular weight excluding hydrogens is 240 g/mol. The van der Waals surface area contributed by atoms with Crippen molar-refractivity contribution in [2.75, 3.05) is 7.11 Å². The molecule has 96 valence electrons. The van der Waals surface area contributed by atoms with Gasteiger partial charge in [-0.2, -0.15) is 13.2 Å². The number of hydrogen-bond acceptors (Lipinski definition) is 2. The molecular formula is C11H12F4O2. The molecule has 1 aromatic rings. The lowest BCUT2D eigenvalue weighted by molar-refractivity contribution is -0.140. The van der Waals surface area contributed by atoms with Gasteiger partial charge in [-0.3, -0.25) is 0 Å². The minimum atomic E-state index is -4.35. The van der Waals surface area contributed by atoms with Crippen LogP contribution in [0.15, 0.2) is 18.2 Å². The van der Waals surface area contributed by atoms with Gasteiger partial charge in [0.05, 0.1) is 13.2 Å². The van der Waals surface area contributed by atoms with E-state index in [0.29, 0.717) is 0 Å². The number of hydrogen-bond donors (Lipinski definition) is 1. The zero-order valence-electron chi connectivity index (χ0n) is 9.09. The Morgan fingerprint density at radius 2 is 2.00 bits per heavy atom. The summed E-state index contributed by atoms with van der Waals surface area (Å²) in [6, 6.07) is 3.35. The first-order chi connectivity index (χ1) is 7.83. The van der Waals surface area contributed by atoms with Crippen molar-refractivity contribution in [3.63, 3.8) is 0 Å². The Labute approximate surface area is 95.8 Å². The molecule has 0 bridgehead atoms.